The molecular formula is C10H14ClN3O. The minimum atomic E-state index is 0.0142. The molecule has 5 heteroatoms. The molecule has 0 aliphatic carbocycles. The Bertz CT molecular complexity index is 355. The second-order valence-electron chi connectivity index (χ2n) is 3.03. The maximum absolute atomic E-state index is 7.25. The van der Waals surface area contributed by atoms with Crippen molar-refractivity contribution in [1.82, 2.24) is 0 Å². The highest BCUT2D eigenvalue weighted by atomic mass is 35.5. The van der Waals surface area contributed by atoms with Crippen molar-refractivity contribution >= 4 is 23.1 Å². The zero-order chi connectivity index (χ0) is 11.3. The van der Waals surface area contributed by atoms with Crippen molar-refractivity contribution in [2.24, 2.45) is 5.73 Å². The topological polar surface area (TPSA) is 71.1 Å². The molecule has 0 fully saturated rings. The van der Waals surface area contributed by atoms with E-state index in [4.69, 9.17) is 27.5 Å². The minimum absolute atomic E-state index is 0.0142. The van der Waals surface area contributed by atoms with Gasteiger partial charge in [-0.2, -0.15) is 0 Å². The molecule has 1 aromatic carbocycles. The van der Waals surface area contributed by atoms with Crippen LogP contribution in [0.2, 0.25) is 5.02 Å². The van der Waals surface area contributed by atoms with Gasteiger partial charge < -0.3 is 15.8 Å². The number of amidine groups is 1. The predicted molar refractivity (Wildman–Crippen MR) is 62.8 cm³/mol. The summed E-state index contributed by atoms with van der Waals surface area (Å²) in [6.07, 6.45) is 0. The minimum Gasteiger partial charge on any atom is -0.384 e. The summed E-state index contributed by atoms with van der Waals surface area (Å²) in [6, 6.07) is 5.22. The monoisotopic (exact) mass is 227 g/mol. The normalized spacial score (nSPS) is 10.0. The molecule has 0 spiro atoms. The number of hydrogen-bond acceptors (Lipinski definition) is 3. The lowest BCUT2D eigenvalue weighted by atomic mass is 10.2. The molecule has 0 aromatic heterocycles. The van der Waals surface area contributed by atoms with Gasteiger partial charge in [0.2, 0.25) is 0 Å². The highest BCUT2D eigenvalue weighted by Gasteiger charge is 2.02. The lowest BCUT2D eigenvalue weighted by Gasteiger charge is -2.08. The molecule has 4 N–H and O–H groups in total. The van der Waals surface area contributed by atoms with Crippen molar-refractivity contribution in [2.75, 3.05) is 25.6 Å². The molecule has 0 saturated heterocycles. The summed E-state index contributed by atoms with van der Waals surface area (Å²) < 4.78 is 4.91. The van der Waals surface area contributed by atoms with Crippen LogP contribution in [0.4, 0.5) is 5.69 Å². The number of nitrogen functional groups attached to an aromatic ring is 1. The van der Waals surface area contributed by atoms with Gasteiger partial charge in [-0.15, -0.1) is 0 Å². The molecular weight excluding hydrogens is 214 g/mol. The number of halogens is 1. The Hall–Kier alpha value is -1.26. The van der Waals surface area contributed by atoms with Gasteiger partial charge in [0.05, 0.1) is 17.3 Å². The van der Waals surface area contributed by atoms with Crippen LogP contribution in [0.15, 0.2) is 18.2 Å². The standard InChI is InChI=1S/C10H14ClN3O/c1-15-5-4-14-9-3-2-7(10(12)13)6-8(9)11/h2-3,6,14H,4-5H2,1H3,(H3,12,13). The second kappa shape index (κ2) is 5.58. The first kappa shape index (κ1) is 11.8. The lowest BCUT2D eigenvalue weighted by Crippen LogP contribution is -2.12. The molecule has 1 rings (SSSR count). The first-order valence-electron chi connectivity index (χ1n) is 4.52. The molecule has 0 aliphatic rings. The van der Waals surface area contributed by atoms with E-state index in [0.29, 0.717) is 23.7 Å². The zero-order valence-corrected chi connectivity index (χ0v) is 9.27. The van der Waals surface area contributed by atoms with Gasteiger partial charge in [-0.25, -0.2) is 0 Å². The average Bonchev–Trinajstić information content (AvgIpc) is 2.20. The third-order valence-corrected chi connectivity index (χ3v) is 2.21. The number of methoxy groups -OCH3 is 1. The maximum atomic E-state index is 7.25. The predicted octanol–water partition coefficient (Wildman–Crippen LogP) is 1.68. The van der Waals surface area contributed by atoms with Crippen LogP contribution in [0.3, 0.4) is 0 Å². The Balaban J connectivity index is 2.70. The molecule has 4 nitrogen and oxygen atoms in total. The number of nitrogens with two attached hydrogens (primary N) is 1. The fourth-order valence-electron chi connectivity index (χ4n) is 1.11. The van der Waals surface area contributed by atoms with E-state index in [1.807, 2.05) is 0 Å². The first-order valence-corrected chi connectivity index (χ1v) is 4.89. The van der Waals surface area contributed by atoms with Gasteiger partial charge in [0, 0.05) is 19.2 Å². The quantitative estimate of drug-likeness (QED) is 0.407. The fourth-order valence-corrected chi connectivity index (χ4v) is 1.36. The van der Waals surface area contributed by atoms with Gasteiger partial charge in [0.1, 0.15) is 5.84 Å². The Morgan fingerprint density at radius 1 is 1.60 bits per heavy atom. The fraction of sp³-hybridized carbons (Fsp3) is 0.300. The van der Waals surface area contributed by atoms with Gasteiger partial charge in [-0.1, -0.05) is 11.6 Å². The van der Waals surface area contributed by atoms with Gasteiger partial charge in [-0.3, -0.25) is 5.41 Å². The maximum Gasteiger partial charge on any atom is 0.122 e. The Morgan fingerprint density at radius 3 is 2.87 bits per heavy atom. The van der Waals surface area contributed by atoms with Crippen LogP contribution in [0.5, 0.6) is 0 Å². The number of anilines is 1. The molecule has 82 valence electrons. The summed E-state index contributed by atoms with van der Waals surface area (Å²) in [6.45, 7) is 1.31. The molecule has 15 heavy (non-hydrogen) atoms. The largest absolute Gasteiger partial charge is 0.384 e. The summed E-state index contributed by atoms with van der Waals surface area (Å²) in [4.78, 5) is 0. The van der Waals surface area contributed by atoms with E-state index in [-0.39, 0.29) is 5.84 Å². The van der Waals surface area contributed by atoms with Gasteiger partial charge >= 0.3 is 0 Å². The molecule has 0 bridgehead atoms. The van der Waals surface area contributed by atoms with Crippen LogP contribution in [0, 0.1) is 5.41 Å². The summed E-state index contributed by atoms with van der Waals surface area (Å²) in [7, 11) is 1.64. The van der Waals surface area contributed by atoms with Crippen LogP contribution >= 0.6 is 11.6 Å². The molecule has 1 aromatic rings. The van der Waals surface area contributed by atoms with E-state index < -0.39 is 0 Å². The number of ether oxygens (including phenoxy) is 1. The van der Waals surface area contributed by atoms with Gasteiger partial charge in [0.25, 0.3) is 0 Å². The second-order valence-corrected chi connectivity index (χ2v) is 3.44. The molecule has 0 saturated carbocycles. The van der Waals surface area contributed by atoms with E-state index in [2.05, 4.69) is 5.32 Å². The van der Waals surface area contributed by atoms with E-state index in [9.17, 15) is 0 Å². The van der Waals surface area contributed by atoms with Gasteiger partial charge in [0.15, 0.2) is 0 Å². The molecule has 0 heterocycles. The van der Waals surface area contributed by atoms with E-state index in [0.717, 1.165) is 5.69 Å². The average molecular weight is 228 g/mol. The number of hydrogen-bond donors (Lipinski definition) is 3. The third kappa shape index (κ3) is 3.42. The van der Waals surface area contributed by atoms with Crippen LogP contribution in [0.25, 0.3) is 0 Å². The van der Waals surface area contributed by atoms with E-state index >= 15 is 0 Å². The molecule has 0 aliphatic heterocycles. The molecule has 0 radical (unpaired) electrons. The molecule has 0 amide bonds. The van der Waals surface area contributed by atoms with Crippen LogP contribution < -0.4 is 11.1 Å². The van der Waals surface area contributed by atoms with Crippen molar-refractivity contribution in [3.8, 4) is 0 Å². The van der Waals surface area contributed by atoms with Crippen molar-refractivity contribution < 1.29 is 4.74 Å². The molecule has 0 unspecified atom stereocenters. The Morgan fingerprint density at radius 2 is 2.33 bits per heavy atom. The Kier molecular flexibility index (Phi) is 4.39. The SMILES string of the molecule is COCCNc1ccc(C(=N)N)cc1Cl. The molecule has 0 atom stereocenters. The van der Waals surface area contributed by atoms with E-state index in [1.54, 1.807) is 25.3 Å². The lowest BCUT2D eigenvalue weighted by molar-refractivity contribution is 0.211. The summed E-state index contributed by atoms with van der Waals surface area (Å²) >= 11 is 6.00. The highest BCUT2D eigenvalue weighted by Crippen LogP contribution is 2.22. The van der Waals surface area contributed by atoms with Crippen molar-refractivity contribution in [2.45, 2.75) is 0 Å². The summed E-state index contributed by atoms with van der Waals surface area (Å²) in [5, 5.41) is 10.9. The first-order chi connectivity index (χ1) is 7.15. The van der Waals surface area contributed by atoms with E-state index in [1.165, 1.54) is 0 Å². The van der Waals surface area contributed by atoms with Crippen molar-refractivity contribution in [3.05, 3.63) is 28.8 Å². The van der Waals surface area contributed by atoms with Crippen LogP contribution in [-0.2, 0) is 4.74 Å². The number of nitrogens with one attached hydrogen (secondary N) is 2. The van der Waals surface area contributed by atoms with Crippen molar-refractivity contribution in [1.29, 1.82) is 5.41 Å². The summed E-state index contributed by atoms with van der Waals surface area (Å²) in [5.74, 6) is 0.0142. The number of benzene rings is 1. The Labute approximate surface area is 93.9 Å². The smallest absolute Gasteiger partial charge is 0.122 e. The highest BCUT2D eigenvalue weighted by molar-refractivity contribution is 6.33. The van der Waals surface area contributed by atoms with Crippen LogP contribution in [0.1, 0.15) is 5.56 Å². The van der Waals surface area contributed by atoms with Crippen LogP contribution in [-0.4, -0.2) is 26.1 Å². The third-order valence-electron chi connectivity index (χ3n) is 1.90. The number of rotatable bonds is 5. The zero-order valence-electron chi connectivity index (χ0n) is 8.51. The van der Waals surface area contributed by atoms with Crippen molar-refractivity contribution in [3.63, 3.8) is 0 Å². The summed E-state index contributed by atoms with van der Waals surface area (Å²) in [5.41, 5.74) is 6.78. The van der Waals surface area contributed by atoms with Gasteiger partial charge in [-0.05, 0) is 18.2 Å².